The Balaban J connectivity index is 1.93. The third-order valence-electron chi connectivity index (χ3n) is 4.44. The molecule has 2 aliphatic rings. The summed E-state index contributed by atoms with van der Waals surface area (Å²) in [4.78, 5) is 30.1. The molecule has 2 aliphatic heterocycles. The summed E-state index contributed by atoms with van der Waals surface area (Å²) in [6.07, 6.45) is 2.60. The number of hydrogen-bond acceptors (Lipinski definition) is 4. The molecule has 0 spiro atoms. The number of carbonyl (C=O) groups is 2. The number of carbonyl (C=O) groups excluding carboxylic acids is 2. The molecule has 1 unspecified atom stereocenters. The molecule has 2 heterocycles. The van der Waals surface area contributed by atoms with Crippen molar-refractivity contribution < 1.29 is 14.3 Å². The molecule has 0 bridgehead atoms. The molecule has 0 aromatic heterocycles. The first-order chi connectivity index (χ1) is 10.2. The summed E-state index contributed by atoms with van der Waals surface area (Å²) in [5.74, 6) is 0.185. The van der Waals surface area contributed by atoms with E-state index in [4.69, 9.17) is 4.74 Å². The molecule has 2 fully saturated rings. The van der Waals surface area contributed by atoms with Crippen LogP contribution in [0.15, 0.2) is 0 Å². The van der Waals surface area contributed by atoms with Crippen LogP contribution in [0.5, 0.6) is 0 Å². The van der Waals surface area contributed by atoms with E-state index >= 15 is 0 Å². The van der Waals surface area contributed by atoms with Gasteiger partial charge in [-0.3, -0.25) is 9.69 Å². The molecular formula is C16H29N3O3. The van der Waals surface area contributed by atoms with Crippen molar-refractivity contribution in [2.45, 2.75) is 57.7 Å². The highest BCUT2D eigenvalue weighted by molar-refractivity contribution is 5.83. The smallest absolute Gasteiger partial charge is 0.410 e. The highest BCUT2D eigenvalue weighted by Crippen LogP contribution is 2.23. The summed E-state index contributed by atoms with van der Waals surface area (Å²) in [7, 11) is 3.83. The third-order valence-corrected chi connectivity index (χ3v) is 4.44. The quantitative estimate of drug-likeness (QED) is 0.793. The maximum atomic E-state index is 12.3. The average molecular weight is 311 g/mol. The molecule has 126 valence electrons. The molecule has 2 saturated heterocycles. The Hall–Kier alpha value is -1.30. The third kappa shape index (κ3) is 3.91. The van der Waals surface area contributed by atoms with Gasteiger partial charge in [-0.25, -0.2) is 4.79 Å². The molecule has 6 nitrogen and oxygen atoms in total. The molecule has 2 rings (SSSR count). The lowest BCUT2D eigenvalue weighted by atomic mass is 10.1. The molecule has 6 heteroatoms. The lowest BCUT2D eigenvalue weighted by Gasteiger charge is -2.32. The van der Waals surface area contributed by atoms with Gasteiger partial charge in [-0.05, 0) is 47.1 Å². The van der Waals surface area contributed by atoms with Crippen LogP contribution in [-0.4, -0.2) is 78.1 Å². The molecule has 0 aliphatic carbocycles. The van der Waals surface area contributed by atoms with Crippen LogP contribution >= 0.6 is 0 Å². The van der Waals surface area contributed by atoms with Gasteiger partial charge >= 0.3 is 6.09 Å². The number of likely N-dealkylation sites (N-methyl/N-ethyl adjacent to an activating group) is 2. The van der Waals surface area contributed by atoms with Crippen LogP contribution in [0.25, 0.3) is 0 Å². The van der Waals surface area contributed by atoms with E-state index < -0.39 is 5.60 Å². The largest absolute Gasteiger partial charge is 0.444 e. The Labute approximate surface area is 133 Å². The normalized spacial score (nSPS) is 26.2. The van der Waals surface area contributed by atoms with Gasteiger partial charge in [-0.2, -0.15) is 0 Å². The van der Waals surface area contributed by atoms with Crippen LogP contribution in [0.4, 0.5) is 4.79 Å². The van der Waals surface area contributed by atoms with Gasteiger partial charge in [0.25, 0.3) is 0 Å². The average Bonchev–Trinajstić information content (AvgIpc) is 2.96. The zero-order chi connectivity index (χ0) is 16.5. The standard InChI is InChI=1S/C16H29N3O3/c1-16(2,3)22-15(21)19-9-6-7-12(19)11-18(5)13-8-10-17(4)14(13)20/h12-13H,6-11H2,1-5H3/t12-,13?/m1/s1. The number of nitrogens with zero attached hydrogens (tertiary/aromatic N) is 3. The van der Waals surface area contributed by atoms with Gasteiger partial charge in [0, 0.05) is 32.7 Å². The van der Waals surface area contributed by atoms with Crippen molar-refractivity contribution in [1.29, 1.82) is 0 Å². The second kappa shape index (κ2) is 6.44. The van der Waals surface area contributed by atoms with Gasteiger partial charge in [0.2, 0.25) is 5.91 Å². The second-order valence-corrected chi connectivity index (χ2v) is 7.47. The number of likely N-dealkylation sites (tertiary alicyclic amines) is 2. The van der Waals surface area contributed by atoms with Gasteiger partial charge in [0.15, 0.2) is 0 Å². The molecule has 0 aromatic carbocycles. The SMILES string of the molecule is CN1CCC(N(C)C[C@H]2CCCN2C(=O)OC(C)(C)C)C1=O. The number of hydrogen-bond donors (Lipinski definition) is 0. The molecule has 0 aromatic rings. The summed E-state index contributed by atoms with van der Waals surface area (Å²) in [5.41, 5.74) is -0.472. The van der Waals surface area contributed by atoms with Crippen LogP contribution in [0.1, 0.15) is 40.0 Å². The zero-order valence-corrected chi connectivity index (χ0v) is 14.5. The van der Waals surface area contributed by atoms with Crippen molar-refractivity contribution in [1.82, 2.24) is 14.7 Å². The fourth-order valence-electron chi connectivity index (χ4n) is 3.26. The lowest BCUT2D eigenvalue weighted by molar-refractivity contribution is -0.130. The van der Waals surface area contributed by atoms with E-state index in [1.54, 1.807) is 4.90 Å². The van der Waals surface area contributed by atoms with Gasteiger partial charge in [-0.15, -0.1) is 0 Å². The Kier molecular flexibility index (Phi) is 5.00. The van der Waals surface area contributed by atoms with Crippen LogP contribution in [0.2, 0.25) is 0 Å². The predicted octanol–water partition coefficient (Wildman–Crippen LogP) is 1.55. The van der Waals surface area contributed by atoms with Gasteiger partial charge in [0.1, 0.15) is 5.60 Å². The number of ether oxygens (including phenoxy) is 1. The van der Waals surface area contributed by atoms with E-state index in [-0.39, 0.29) is 24.1 Å². The Morgan fingerprint density at radius 1 is 1.32 bits per heavy atom. The van der Waals surface area contributed by atoms with Crippen LogP contribution < -0.4 is 0 Å². The van der Waals surface area contributed by atoms with E-state index in [1.807, 2.05) is 39.8 Å². The molecule has 2 amide bonds. The molecule has 0 saturated carbocycles. The second-order valence-electron chi connectivity index (χ2n) is 7.47. The molecular weight excluding hydrogens is 282 g/mol. The lowest BCUT2D eigenvalue weighted by Crippen LogP contribution is -2.48. The maximum absolute atomic E-state index is 12.3. The first-order valence-electron chi connectivity index (χ1n) is 8.14. The van der Waals surface area contributed by atoms with Crippen LogP contribution in [0.3, 0.4) is 0 Å². The van der Waals surface area contributed by atoms with Crippen molar-refractivity contribution in [3.8, 4) is 0 Å². The van der Waals surface area contributed by atoms with Crippen molar-refractivity contribution in [3.05, 3.63) is 0 Å². The van der Waals surface area contributed by atoms with E-state index in [0.717, 1.165) is 38.9 Å². The molecule has 0 N–H and O–H groups in total. The molecule has 2 atom stereocenters. The summed E-state index contributed by atoms with van der Waals surface area (Å²) in [5, 5.41) is 0. The summed E-state index contributed by atoms with van der Waals surface area (Å²) in [6.45, 7) is 7.93. The van der Waals surface area contributed by atoms with Crippen molar-refractivity contribution in [2.75, 3.05) is 33.7 Å². The molecule has 0 radical (unpaired) electrons. The zero-order valence-electron chi connectivity index (χ0n) is 14.5. The predicted molar refractivity (Wildman–Crippen MR) is 84.6 cm³/mol. The minimum atomic E-state index is -0.472. The Morgan fingerprint density at radius 2 is 2.00 bits per heavy atom. The van der Waals surface area contributed by atoms with E-state index in [2.05, 4.69) is 4.90 Å². The van der Waals surface area contributed by atoms with Crippen molar-refractivity contribution in [2.24, 2.45) is 0 Å². The highest BCUT2D eigenvalue weighted by Gasteiger charge is 2.37. The van der Waals surface area contributed by atoms with Crippen molar-refractivity contribution in [3.63, 3.8) is 0 Å². The first-order valence-corrected chi connectivity index (χ1v) is 8.14. The summed E-state index contributed by atoms with van der Waals surface area (Å²) >= 11 is 0. The van der Waals surface area contributed by atoms with Gasteiger partial charge in [0.05, 0.1) is 6.04 Å². The number of rotatable bonds is 3. The van der Waals surface area contributed by atoms with Crippen LogP contribution in [-0.2, 0) is 9.53 Å². The van der Waals surface area contributed by atoms with E-state index in [1.165, 1.54) is 0 Å². The first kappa shape index (κ1) is 17.1. The highest BCUT2D eigenvalue weighted by atomic mass is 16.6. The van der Waals surface area contributed by atoms with Gasteiger partial charge in [-0.1, -0.05) is 0 Å². The van der Waals surface area contributed by atoms with E-state index in [0.29, 0.717) is 0 Å². The summed E-state index contributed by atoms with van der Waals surface area (Å²) < 4.78 is 5.49. The van der Waals surface area contributed by atoms with Crippen molar-refractivity contribution >= 4 is 12.0 Å². The fourth-order valence-corrected chi connectivity index (χ4v) is 3.26. The van der Waals surface area contributed by atoms with Gasteiger partial charge < -0.3 is 14.5 Å². The topological polar surface area (TPSA) is 53.1 Å². The Bertz CT molecular complexity index is 433. The fraction of sp³-hybridized carbons (Fsp3) is 0.875. The minimum Gasteiger partial charge on any atom is -0.444 e. The molecule has 22 heavy (non-hydrogen) atoms. The Morgan fingerprint density at radius 3 is 2.55 bits per heavy atom. The monoisotopic (exact) mass is 311 g/mol. The van der Waals surface area contributed by atoms with Crippen LogP contribution in [0, 0.1) is 0 Å². The van der Waals surface area contributed by atoms with E-state index in [9.17, 15) is 9.59 Å². The number of amides is 2. The maximum Gasteiger partial charge on any atom is 0.410 e. The summed E-state index contributed by atoms with van der Waals surface area (Å²) in [6, 6.07) is 0.0876. The minimum absolute atomic E-state index is 0.0499.